The van der Waals surface area contributed by atoms with Gasteiger partial charge in [-0.3, -0.25) is 0 Å². The molecule has 0 fully saturated rings. The van der Waals surface area contributed by atoms with Crippen LogP contribution in [0.25, 0.3) is 103 Å². The Morgan fingerprint density at radius 1 is 0.301 bits per heavy atom. The molecule has 9 nitrogen and oxygen atoms in total. The van der Waals surface area contributed by atoms with Crippen LogP contribution in [0.1, 0.15) is 0 Å². The maximum atomic E-state index is 8.39. The van der Waals surface area contributed by atoms with Crippen LogP contribution in [0.3, 0.4) is 0 Å². The summed E-state index contributed by atoms with van der Waals surface area (Å²) in [7, 11) is 0. The number of rotatable bonds is 12. The van der Waals surface area contributed by atoms with Crippen molar-refractivity contribution in [3.63, 3.8) is 0 Å². The van der Waals surface area contributed by atoms with Crippen molar-refractivity contribution in [1.29, 1.82) is 0 Å². The highest BCUT2D eigenvalue weighted by Gasteiger charge is 2.22. The van der Waals surface area contributed by atoms with Crippen LogP contribution in [-0.4, -0.2) is 14.5 Å². The van der Waals surface area contributed by atoms with E-state index >= 15 is 0 Å². The molecule has 0 N–H and O–H groups in total. The summed E-state index contributed by atoms with van der Waals surface area (Å²) in [5, 5.41) is 2.22. The van der Waals surface area contributed by atoms with Crippen molar-refractivity contribution in [3.05, 3.63) is 319 Å². The molecule has 386 valence electrons. The molecule has 9 heteroatoms. The summed E-state index contributed by atoms with van der Waals surface area (Å²) in [5.41, 5.74) is 17.3. The largest absolute Gasteiger partial charge is 0.310 e. The fourth-order valence-corrected chi connectivity index (χ4v) is 10.9. The Kier molecular flexibility index (Phi) is 13.3. The molecule has 13 aromatic rings. The monoisotopic (exact) mass is 1060 g/mol. The van der Waals surface area contributed by atoms with E-state index in [9.17, 15) is 0 Å². The van der Waals surface area contributed by atoms with Crippen LogP contribution in [0.5, 0.6) is 0 Å². The van der Waals surface area contributed by atoms with Crippen molar-refractivity contribution in [3.8, 4) is 61.8 Å². The van der Waals surface area contributed by atoms with Gasteiger partial charge in [0.1, 0.15) is 0 Å². The van der Waals surface area contributed by atoms with Gasteiger partial charge < -0.3 is 14.4 Å². The van der Waals surface area contributed by atoms with Gasteiger partial charge in [-0.15, -0.1) is 0 Å². The van der Waals surface area contributed by atoms with Gasteiger partial charge in [0.15, 0.2) is 28.6 Å². The summed E-state index contributed by atoms with van der Waals surface area (Å²) < 4.78 is 2.35. The van der Waals surface area contributed by atoms with E-state index in [1.807, 2.05) is 72.8 Å². The third-order valence-electron chi connectivity index (χ3n) is 14.8. The molecule has 2 heterocycles. The van der Waals surface area contributed by atoms with Crippen molar-refractivity contribution in [1.82, 2.24) is 14.5 Å². The Morgan fingerprint density at radius 3 is 1.16 bits per heavy atom. The van der Waals surface area contributed by atoms with E-state index in [0.717, 1.165) is 78.3 Å². The predicted octanol–water partition coefficient (Wildman–Crippen LogP) is 21.1. The second-order valence-corrected chi connectivity index (χ2v) is 19.8. The highest BCUT2D eigenvalue weighted by molar-refractivity contribution is 6.12. The predicted molar refractivity (Wildman–Crippen MR) is 338 cm³/mol. The average molecular weight is 1060 g/mol. The fraction of sp³-hybridized carbons (Fsp3) is 0. The molecule has 0 atom stereocenters. The van der Waals surface area contributed by atoms with Crippen molar-refractivity contribution < 1.29 is 0 Å². The summed E-state index contributed by atoms with van der Waals surface area (Å²) >= 11 is 0. The van der Waals surface area contributed by atoms with Crippen LogP contribution in [0.4, 0.5) is 56.9 Å². The lowest BCUT2D eigenvalue weighted by Gasteiger charge is -2.26. The molecule has 0 spiro atoms. The van der Waals surface area contributed by atoms with E-state index in [1.54, 1.807) is 42.5 Å². The quantitative estimate of drug-likeness (QED) is 0.114. The number of anilines is 6. The lowest BCUT2D eigenvalue weighted by Crippen LogP contribution is -2.09. The van der Waals surface area contributed by atoms with Gasteiger partial charge in [-0.1, -0.05) is 146 Å². The normalized spacial score (nSPS) is 10.8. The Hall–Kier alpha value is -12.1. The first-order chi connectivity index (χ1) is 40.9. The van der Waals surface area contributed by atoms with Crippen molar-refractivity contribution in [2.45, 2.75) is 0 Å². The topological polar surface area (TPSA) is 54.6 Å². The van der Waals surface area contributed by atoms with Crippen molar-refractivity contribution in [2.75, 3.05) is 9.80 Å². The third-order valence-corrected chi connectivity index (χ3v) is 14.8. The van der Waals surface area contributed by atoms with Gasteiger partial charge in [0, 0.05) is 56.1 Å². The lowest BCUT2D eigenvalue weighted by molar-refractivity contribution is 1.18. The van der Waals surface area contributed by atoms with Crippen LogP contribution in [0.2, 0.25) is 0 Å². The van der Waals surface area contributed by atoms with Gasteiger partial charge in [-0.2, -0.15) is 0 Å². The molecule has 0 aliphatic rings. The van der Waals surface area contributed by atoms with E-state index in [1.165, 1.54) is 0 Å². The first-order valence-corrected chi connectivity index (χ1v) is 26.8. The van der Waals surface area contributed by atoms with E-state index in [4.69, 9.17) is 36.3 Å². The smallest absolute Gasteiger partial charge is 0.187 e. The highest BCUT2D eigenvalue weighted by atomic mass is 15.1. The third kappa shape index (κ3) is 9.73. The maximum absolute atomic E-state index is 8.39. The Labute approximate surface area is 481 Å². The molecular formula is C74H45N9. The molecule has 0 bridgehead atoms. The molecule has 2 aromatic heterocycles. The van der Waals surface area contributed by atoms with Crippen LogP contribution in [0.15, 0.2) is 273 Å². The van der Waals surface area contributed by atoms with Crippen LogP contribution in [0, 0.1) is 26.3 Å². The fourth-order valence-electron chi connectivity index (χ4n) is 10.9. The summed E-state index contributed by atoms with van der Waals surface area (Å²) in [6.07, 6.45) is 0. The number of benzene rings is 11. The Morgan fingerprint density at radius 2 is 0.711 bits per heavy atom. The van der Waals surface area contributed by atoms with Gasteiger partial charge in [0.05, 0.1) is 48.7 Å². The minimum atomic E-state index is 0.309. The lowest BCUT2D eigenvalue weighted by atomic mass is 9.95. The first kappa shape index (κ1) is 50.4. The van der Waals surface area contributed by atoms with Crippen molar-refractivity contribution in [2.24, 2.45) is 0 Å². The molecule has 83 heavy (non-hydrogen) atoms. The molecule has 0 aliphatic heterocycles. The SMILES string of the molecule is [C-]#[N+]c1cccc(-c2cc(-c3cc([N+]#[C-])c(-c4ccc(-c5ccc(-n6c7ccc(N(c8ccccc8)c8ccccc8)cc7c7cc(N(c8ccccc8)c8ccccc8)ccc76)cc5)cc4)c([N+]#[C-])c3)nc(-c3cccc([N+]#[C-])c3)n2)c1. The van der Waals surface area contributed by atoms with Crippen LogP contribution >= 0.6 is 0 Å². The second kappa shape index (κ2) is 21.9. The van der Waals surface area contributed by atoms with E-state index in [2.05, 4.69) is 191 Å². The summed E-state index contributed by atoms with van der Waals surface area (Å²) in [6, 6.07) is 91.8. The molecule has 13 rings (SSSR count). The van der Waals surface area contributed by atoms with Gasteiger partial charge in [-0.05, 0) is 161 Å². The molecule has 0 aliphatic carbocycles. The van der Waals surface area contributed by atoms with E-state index < -0.39 is 0 Å². The number of hydrogen-bond donors (Lipinski definition) is 0. The second-order valence-electron chi connectivity index (χ2n) is 19.8. The Bertz CT molecular complexity index is 4430. The van der Waals surface area contributed by atoms with Crippen molar-refractivity contribution >= 4 is 78.7 Å². The minimum Gasteiger partial charge on any atom is -0.310 e. The molecular weight excluding hydrogens is 1010 g/mol. The number of para-hydroxylation sites is 4. The number of nitrogens with zero attached hydrogens (tertiary/aromatic N) is 9. The molecule has 0 unspecified atom stereocenters. The van der Waals surface area contributed by atoms with E-state index in [-0.39, 0.29) is 0 Å². The molecule has 11 aromatic carbocycles. The number of fused-ring (bicyclic) bond motifs is 3. The zero-order chi connectivity index (χ0) is 56.2. The highest BCUT2D eigenvalue weighted by Crippen LogP contribution is 2.46. The van der Waals surface area contributed by atoms with E-state index in [0.29, 0.717) is 62.2 Å². The summed E-state index contributed by atoms with van der Waals surface area (Å²) in [6.45, 7) is 32.0. The minimum absolute atomic E-state index is 0.309. The summed E-state index contributed by atoms with van der Waals surface area (Å²) in [5.74, 6) is 0.375. The van der Waals surface area contributed by atoms with Gasteiger partial charge in [-0.25, -0.2) is 29.3 Å². The molecule has 0 amide bonds. The first-order valence-electron chi connectivity index (χ1n) is 26.8. The average Bonchev–Trinajstić information content (AvgIpc) is 3.70. The van der Waals surface area contributed by atoms with Crippen LogP contribution in [-0.2, 0) is 0 Å². The number of aromatic nitrogens is 3. The maximum Gasteiger partial charge on any atom is 0.187 e. The van der Waals surface area contributed by atoms with Gasteiger partial charge >= 0.3 is 0 Å². The molecule has 0 saturated carbocycles. The summed E-state index contributed by atoms with van der Waals surface area (Å²) in [4.78, 5) is 29.6. The molecule has 0 saturated heterocycles. The Balaban J connectivity index is 0.873. The molecule has 0 radical (unpaired) electrons. The zero-order valence-electron chi connectivity index (χ0n) is 44.5. The number of hydrogen-bond acceptors (Lipinski definition) is 4. The van der Waals surface area contributed by atoms with Gasteiger partial charge in [0.25, 0.3) is 0 Å². The standard InChI is InChI=1S/C74H45N9/c1-75-56-21-17-19-53(43-56)67-49-68(80-74(79-67)54-20-18-22-57(44-54)76-2)55-45-69(77-3)73(70(46-55)78-4)52-33-31-50(32-34-52)51-35-37-62(38-36-51)83-71-41-39-63(81(58-23-9-5-10-24-58)59-25-11-6-12-26-59)47-65(71)66-48-64(40-42-72(66)83)82(60-27-13-7-14-28-60)61-29-15-8-16-30-61/h5-49H. The zero-order valence-corrected chi connectivity index (χ0v) is 44.5. The van der Waals surface area contributed by atoms with Crippen LogP contribution < -0.4 is 9.80 Å². The van der Waals surface area contributed by atoms with Gasteiger partial charge in [0.2, 0.25) is 0 Å².